The Morgan fingerprint density at radius 1 is 1.19 bits per heavy atom. The Morgan fingerprint density at radius 3 is 2.77 bits per heavy atom. The number of nitrogens with two attached hydrogens (primary N) is 1. The van der Waals surface area contributed by atoms with Crippen LogP contribution < -0.4 is 5.73 Å². The summed E-state index contributed by atoms with van der Waals surface area (Å²) in [7, 11) is 0. The summed E-state index contributed by atoms with van der Waals surface area (Å²) < 4.78 is 5.35. The molecule has 0 aliphatic carbocycles. The zero-order valence-electron chi connectivity index (χ0n) is 15.4. The molecule has 2 aliphatic rings. The predicted molar refractivity (Wildman–Crippen MR) is 99.8 cm³/mol. The van der Waals surface area contributed by atoms with E-state index in [0.29, 0.717) is 17.9 Å². The number of primary amides is 1. The normalized spacial score (nSPS) is 21.1. The smallest absolute Gasteiger partial charge is 0.248 e. The van der Waals surface area contributed by atoms with E-state index in [0.717, 1.165) is 70.8 Å². The van der Waals surface area contributed by atoms with Crippen molar-refractivity contribution in [3.8, 4) is 0 Å². The number of hydrogen-bond acceptors (Lipinski definition) is 4. The number of morpholine rings is 1. The van der Waals surface area contributed by atoms with Crippen molar-refractivity contribution in [3.05, 3.63) is 35.4 Å². The van der Waals surface area contributed by atoms with Gasteiger partial charge in [-0.15, -0.1) is 0 Å². The van der Waals surface area contributed by atoms with E-state index in [1.54, 1.807) is 6.07 Å². The number of benzene rings is 1. The number of nitrogens with zero attached hydrogens (tertiary/aromatic N) is 2. The highest BCUT2D eigenvalue weighted by molar-refractivity contribution is 5.92. The molecule has 0 spiro atoms. The second-order valence-corrected chi connectivity index (χ2v) is 7.32. The van der Waals surface area contributed by atoms with Gasteiger partial charge in [-0.1, -0.05) is 12.1 Å². The molecule has 0 saturated carbocycles. The summed E-state index contributed by atoms with van der Waals surface area (Å²) in [6.45, 7) is 6.20. The lowest BCUT2D eigenvalue weighted by Crippen LogP contribution is -2.37. The topological polar surface area (TPSA) is 75.9 Å². The van der Waals surface area contributed by atoms with E-state index in [1.807, 2.05) is 23.1 Å². The van der Waals surface area contributed by atoms with Crippen LogP contribution in [-0.2, 0) is 16.0 Å². The summed E-state index contributed by atoms with van der Waals surface area (Å²) in [5.41, 5.74) is 7.02. The van der Waals surface area contributed by atoms with E-state index in [4.69, 9.17) is 10.5 Å². The van der Waals surface area contributed by atoms with Gasteiger partial charge in [0, 0.05) is 38.2 Å². The highest BCUT2D eigenvalue weighted by Crippen LogP contribution is 2.22. The van der Waals surface area contributed by atoms with Crippen molar-refractivity contribution in [2.75, 3.05) is 45.9 Å². The van der Waals surface area contributed by atoms with Crippen molar-refractivity contribution in [3.63, 3.8) is 0 Å². The quantitative estimate of drug-likeness (QED) is 0.796. The monoisotopic (exact) mass is 359 g/mol. The fourth-order valence-corrected chi connectivity index (χ4v) is 3.85. The highest BCUT2D eigenvalue weighted by Gasteiger charge is 2.26. The zero-order valence-corrected chi connectivity index (χ0v) is 15.4. The van der Waals surface area contributed by atoms with Crippen LogP contribution in [0.4, 0.5) is 0 Å². The molecule has 2 heterocycles. The summed E-state index contributed by atoms with van der Waals surface area (Å²) >= 11 is 0. The van der Waals surface area contributed by atoms with Gasteiger partial charge in [0.05, 0.1) is 13.2 Å². The van der Waals surface area contributed by atoms with Crippen LogP contribution in [0.2, 0.25) is 0 Å². The molecule has 6 nitrogen and oxygen atoms in total. The van der Waals surface area contributed by atoms with Gasteiger partial charge < -0.3 is 15.4 Å². The molecule has 0 radical (unpaired) electrons. The fraction of sp³-hybridized carbons (Fsp3) is 0.600. The highest BCUT2D eigenvalue weighted by atomic mass is 16.5. The summed E-state index contributed by atoms with van der Waals surface area (Å²) in [6, 6.07) is 7.51. The second kappa shape index (κ2) is 9.14. The second-order valence-electron chi connectivity index (χ2n) is 7.32. The maximum Gasteiger partial charge on any atom is 0.248 e. The van der Waals surface area contributed by atoms with Crippen LogP contribution in [0.3, 0.4) is 0 Å². The van der Waals surface area contributed by atoms with E-state index in [9.17, 15) is 9.59 Å². The van der Waals surface area contributed by atoms with Crippen LogP contribution in [0.25, 0.3) is 0 Å². The van der Waals surface area contributed by atoms with Gasteiger partial charge in [-0.3, -0.25) is 14.5 Å². The molecular weight excluding hydrogens is 330 g/mol. The molecule has 1 aromatic rings. The Kier molecular flexibility index (Phi) is 6.63. The van der Waals surface area contributed by atoms with Gasteiger partial charge in [-0.2, -0.15) is 0 Å². The average Bonchev–Trinajstić information content (AvgIpc) is 3.11. The minimum Gasteiger partial charge on any atom is -0.379 e. The maximum atomic E-state index is 12.4. The summed E-state index contributed by atoms with van der Waals surface area (Å²) in [5, 5.41) is 0. The third-order valence-corrected chi connectivity index (χ3v) is 5.34. The van der Waals surface area contributed by atoms with E-state index in [2.05, 4.69) is 4.90 Å². The van der Waals surface area contributed by atoms with E-state index in [1.165, 1.54) is 0 Å². The van der Waals surface area contributed by atoms with Crippen molar-refractivity contribution < 1.29 is 14.3 Å². The molecule has 1 atom stereocenters. The van der Waals surface area contributed by atoms with E-state index < -0.39 is 5.91 Å². The van der Waals surface area contributed by atoms with Gasteiger partial charge >= 0.3 is 0 Å². The summed E-state index contributed by atoms with van der Waals surface area (Å²) in [6.07, 6.45) is 3.45. The Balaban J connectivity index is 1.40. The Hall–Kier alpha value is -1.92. The number of ether oxygens (including phenoxy) is 1. The van der Waals surface area contributed by atoms with Gasteiger partial charge in [0.25, 0.3) is 0 Å². The third kappa shape index (κ3) is 5.29. The molecule has 2 saturated heterocycles. The molecule has 26 heavy (non-hydrogen) atoms. The summed E-state index contributed by atoms with van der Waals surface area (Å²) in [5.74, 6) is 0.336. The van der Waals surface area contributed by atoms with Crippen molar-refractivity contribution in [1.29, 1.82) is 0 Å². The molecule has 1 aromatic carbocycles. The molecule has 3 rings (SSSR count). The first-order chi connectivity index (χ1) is 12.6. The van der Waals surface area contributed by atoms with Gasteiger partial charge in [0.15, 0.2) is 0 Å². The number of hydrogen-bond donors (Lipinski definition) is 1. The van der Waals surface area contributed by atoms with Crippen LogP contribution in [0.15, 0.2) is 24.3 Å². The molecule has 2 N–H and O–H groups in total. The number of carbonyl (C=O) groups excluding carboxylic acids is 2. The number of amides is 2. The molecule has 2 amide bonds. The lowest BCUT2D eigenvalue weighted by atomic mass is 9.97. The zero-order chi connectivity index (χ0) is 18.4. The molecular formula is C20H29N3O3. The van der Waals surface area contributed by atoms with Crippen LogP contribution in [0.1, 0.15) is 35.2 Å². The van der Waals surface area contributed by atoms with Crippen LogP contribution in [0, 0.1) is 5.92 Å². The van der Waals surface area contributed by atoms with E-state index in [-0.39, 0.29) is 5.91 Å². The van der Waals surface area contributed by atoms with Crippen molar-refractivity contribution in [2.24, 2.45) is 11.7 Å². The number of rotatable bonds is 7. The first-order valence-corrected chi connectivity index (χ1v) is 9.58. The van der Waals surface area contributed by atoms with Gasteiger partial charge in [0.1, 0.15) is 0 Å². The van der Waals surface area contributed by atoms with Gasteiger partial charge in [0.2, 0.25) is 11.8 Å². The van der Waals surface area contributed by atoms with Crippen LogP contribution >= 0.6 is 0 Å². The Labute approximate surface area is 155 Å². The standard InChI is InChI=1S/C20H29N3O3/c21-20(25)18-4-1-3-16(14-18)13-17-6-8-23(15-17)19(24)5-2-7-22-9-11-26-12-10-22/h1,3-4,14,17H,2,5-13,15H2,(H2,21,25)/t17-/m0/s1. The fourth-order valence-electron chi connectivity index (χ4n) is 3.85. The lowest BCUT2D eigenvalue weighted by Gasteiger charge is -2.26. The minimum absolute atomic E-state index is 0.270. The largest absolute Gasteiger partial charge is 0.379 e. The Morgan fingerprint density at radius 2 is 2.00 bits per heavy atom. The third-order valence-electron chi connectivity index (χ3n) is 5.34. The van der Waals surface area contributed by atoms with Gasteiger partial charge in [-0.25, -0.2) is 0 Å². The van der Waals surface area contributed by atoms with Crippen molar-refractivity contribution in [1.82, 2.24) is 9.80 Å². The summed E-state index contributed by atoms with van der Waals surface area (Å²) in [4.78, 5) is 28.1. The Bertz CT molecular complexity index is 628. The molecule has 2 fully saturated rings. The average molecular weight is 359 g/mol. The van der Waals surface area contributed by atoms with Crippen LogP contribution in [-0.4, -0.2) is 67.6 Å². The molecule has 142 valence electrons. The van der Waals surface area contributed by atoms with Gasteiger partial charge in [-0.05, 0) is 49.4 Å². The first kappa shape index (κ1) is 18.9. The number of carbonyl (C=O) groups is 2. The number of likely N-dealkylation sites (tertiary alicyclic amines) is 1. The molecule has 2 aliphatic heterocycles. The predicted octanol–water partition coefficient (Wildman–Crippen LogP) is 1.29. The van der Waals surface area contributed by atoms with Crippen molar-refractivity contribution >= 4 is 11.8 Å². The maximum absolute atomic E-state index is 12.4. The molecule has 0 unspecified atom stereocenters. The first-order valence-electron chi connectivity index (χ1n) is 9.58. The van der Waals surface area contributed by atoms with Crippen molar-refractivity contribution in [2.45, 2.75) is 25.7 Å². The minimum atomic E-state index is -0.393. The van der Waals surface area contributed by atoms with E-state index >= 15 is 0 Å². The SMILES string of the molecule is NC(=O)c1cccc(C[C@@H]2CCN(C(=O)CCCN3CCOCC3)C2)c1. The molecule has 0 aromatic heterocycles. The molecule has 6 heteroatoms. The lowest BCUT2D eigenvalue weighted by molar-refractivity contribution is -0.130. The molecule has 0 bridgehead atoms. The van der Waals surface area contributed by atoms with Crippen LogP contribution in [0.5, 0.6) is 0 Å².